The van der Waals surface area contributed by atoms with E-state index in [4.69, 9.17) is 4.42 Å². The van der Waals surface area contributed by atoms with E-state index in [2.05, 4.69) is 61.2 Å². The number of carbonyl (C=O) groups is 2. The van der Waals surface area contributed by atoms with E-state index in [1.165, 1.54) is 4.70 Å². The van der Waals surface area contributed by atoms with Gasteiger partial charge in [0, 0.05) is 42.6 Å². The SMILES string of the molecule is C=C(C1=c2cccc/c2=C(c2ccc(C(=O)c3cc4c(cc3-c3cc5ccccc5s3)oc3ccccc34)cc2)/C=C/CCC=C1)c1ccccc1C=O. The number of carbonyl (C=O) groups excluding carboxylic acids is 2. The Kier molecular flexibility index (Phi) is 8.66. The van der Waals surface area contributed by atoms with Gasteiger partial charge in [0.2, 0.25) is 0 Å². The van der Waals surface area contributed by atoms with Crippen molar-refractivity contribution in [3.63, 3.8) is 0 Å². The normalized spacial score (nSPS) is 14.6. The molecule has 2 aromatic heterocycles. The first-order chi connectivity index (χ1) is 26.6. The third kappa shape index (κ3) is 5.97. The van der Waals surface area contributed by atoms with Crippen LogP contribution in [0.15, 0.2) is 175 Å². The van der Waals surface area contributed by atoms with Crippen molar-refractivity contribution >= 4 is 72.2 Å². The van der Waals surface area contributed by atoms with Crippen LogP contribution in [0.4, 0.5) is 0 Å². The van der Waals surface area contributed by atoms with Gasteiger partial charge in [-0.15, -0.1) is 11.3 Å². The first-order valence-corrected chi connectivity index (χ1v) is 18.9. The molecule has 0 atom stereocenters. The van der Waals surface area contributed by atoms with Gasteiger partial charge in [-0.3, -0.25) is 9.59 Å². The lowest BCUT2D eigenvalue weighted by Gasteiger charge is -2.13. The molecule has 258 valence electrons. The molecule has 0 unspecified atom stereocenters. The Morgan fingerprint density at radius 3 is 2.22 bits per heavy atom. The van der Waals surface area contributed by atoms with Crippen molar-refractivity contribution in [2.75, 3.05) is 0 Å². The molecule has 0 spiro atoms. The van der Waals surface area contributed by atoms with E-state index in [0.717, 1.165) is 95.2 Å². The molecule has 54 heavy (non-hydrogen) atoms. The molecule has 8 aromatic rings. The summed E-state index contributed by atoms with van der Waals surface area (Å²) < 4.78 is 7.46. The molecular weight excluding hydrogens is 681 g/mol. The molecule has 0 amide bonds. The number of allylic oxidation sites excluding steroid dienone is 5. The maximum Gasteiger partial charge on any atom is 0.193 e. The van der Waals surface area contributed by atoms with Gasteiger partial charge in [-0.2, -0.15) is 0 Å². The minimum absolute atomic E-state index is 0.0426. The van der Waals surface area contributed by atoms with Crippen LogP contribution in [0.1, 0.15) is 50.2 Å². The minimum Gasteiger partial charge on any atom is -0.456 e. The van der Waals surface area contributed by atoms with Crippen molar-refractivity contribution in [2.24, 2.45) is 0 Å². The zero-order chi connectivity index (χ0) is 36.6. The Bertz CT molecular complexity index is 2950. The molecule has 9 rings (SSSR count). The van der Waals surface area contributed by atoms with Crippen LogP contribution >= 0.6 is 11.3 Å². The second-order valence-corrected chi connectivity index (χ2v) is 14.6. The molecule has 3 nitrogen and oxygen atoms in total. The van der Waals surface area contributed by atoms with Gasteiger partial charge in [-0.1, -0.05) is 140 Å². The fraction of sp³-hybridized carbons (Fsp3) is 0.0400. The van der Waals surface area contributed by atoms with E-state index < -0.39 is 0 Å². The van der Waals surface area contributed by atoms with E-state index in [1.54, 1.807) is 11.3 Å². The quantitative estimate of drug-likeness (QED) is 0.122. The molecule has 6 aromatic carbocycles. The number of furan rings is 1. The van der Waals surface area contributed by atoms with Crippen LogP contribution in [0.2, 0.25) is 0 Å². The number of hydrogen-bond acceptors (Lipinski definition) is 4. The lowest BCUT2D eigenvalue weighted by atomic mass is 9.90. The maximum absolute atomic E-state index is 14.6. The van der Waals surface area contributed by atoms with Crippen molar-refractivity contribution in [3.05, 3.63) is 209 Å². The topological polar surface area (TPSA) is 47.3 Å². The highest BCUT2D eigenvalue weighted by molar-refractivity contribution is 7.22. The number of rotatable bonds is 7. The Morgan fingerprint density at radius 1 is 0.667 bits per heavy atom. The van der Waals surface area contributed by atoms with E-state index in [1.807, 2.05) is 109 Å². The largest absolute Gasteiger partial charge is 0.456 e. The lowest BCUT2D eigenvalue weighted by molar-refractivity contribution is 0.103. The number of ketones is 1. The number of aldehydes is 1. The summed E-state index contributed by atoms with van der Waals surface area (Å²) in [6.07, 6.45) is 11.3. The van der Waals surface area contributed by atoms with Crippen molar-refractivity contribution in [1.29, 1.82) is 0 Å². The summed E-state index contributed by atoms with van der Waals surface area (Å²) in [4.78, 5) is 27.7. The zero-order valence-corrected chi connectivity index (χ0v) is 30.2. The predicted octanol–water partition coefficient (Wildman–Crippen LogP) is 11.5. The van der Waals surface area contributed by atoms with Crippen LogP contribution in [0.5, 0.6) is 0 Å². The molecule has 2 heterocycles. The van der Waals surface area contributed by atoms with Crippen LogP contribution in [-0.2, 0) is 0 Å². The predicted molar refractivity (Wildman–Crippen MR) is 224 cm³/mol. The zero-order valence-electron chi connectivity index (χ0n) is 29.4. The fourth-order valence-electron chi connectivity index (χ4n) is 7.50. The number of benzene rings is 6. The average Bonchev–Trinajstić information content (AvgIpc) is 3.83. The third-order valence-electron chi connectivity index (χ3n) is 10.2. The lowest BCUT2D eigenvalue weighted by Crippen LogP contribution is -2.29. The highest BCUT2D eigenvalue weighted by Gasteiger charge is 2.21. The van der Waals surface area contributed by atoms with Gasteiger partial charge in [0.15, 0.2) is 12.1 Å². The molecule has 0 saturated heterocycles. The van der Waals surface area contributed by atoms with E-state index >= 15 is 0 Å². The standard InChI is InChI=1S/C50H34O3S/c1-32(37-16-8-6-15-36(37)31-51)38-17-4-2-3-5-18-39(41-20-10-9-19-40(38)41)33-24-26-34(27-25-33)50(52)45-29-43-42-21-11-12-22-46(42)53-47(43)30-44(45)49-28-35-14-7-13-23-48(35)54-49/h4-31H,1-3H2/b17-4?,18-5+,40-38?,41-39+. The number of para-hydroxylation sites is 1. The summed E-state index contributed by atoms with van der Waals surface area (Å²) in [7, 11) is 0. The molecule has 1 aliphatic rings. The molecule has 1 aliphatic carbocycles. The van der Waals surface area contributed by atoms with Crippen LogP contribution in [0.3, 0.4) is 0 Å². The smallest absolute Gasteiger partial charge is 0.193 e. The number of hydrogen-bond donors (Lipinski definition) is 0. The van der Waals surface area contributed by atoms with Crippen molar-refractivity contribution in [1.82, 2.24) is 0 Å². The second kappa shape index (κ2) is 14.1. The van der Waals surface area contributed by atoms with E-state index in [9.17, 15) is 9.59 Å². The average molecular weight is 715 g/mol. The number of thiophene rings is 1. The van der Waals surface area contributed by atoms with Gasteiger partial charge in [0.1, 0.15) is 11.2 Å². The highest BCUT2D eigenvalue weighted by Crippen LogP contribution is 2.40. The molecule has 0 radical (unpaired) electrons. The summed E-state index contributed by atoms with van der Waals surface area (Å²) in [5, 5.41) is 5.13. The fourth-order valence-corrected chi connectivity index (χ4v) is 8.59. The van der Waals surface area contributed by atoms with Gasteiger partial charge in [0.25, 0.3) is 0 Å². The molecule has 0 saturated carbocycles. The summed E-state index contributed by atoms with van der Waals surface area (Å²) in [6.45, 7) is 4.50. The van der Waals surface area contributed by atoms with Crippen LogP contribution in [0, 0.1) is 0 Å². The summed E-state index contributed by atoms with van der Waals surface area (Å²) >= 11 is 1.68. The Hall–Kier alpha value is -6.62. The monoisotopic (exact) mass is 714 g/mol. The summed E-state index contributed by atoms with van der Waals surface area (Å²) in [6, 6.07) is 46.4. The summed E-state index contributed by atoms with van der Waals surface area (Å²) in [5.74, 6) is -0.0426. The Morgan fingerprint density at radius 2 is 1.39 bits per heavy atom. The summed E-state index contributed by atoms with van der Waals surface area (Å²) in [5.41, 5.74) is 8.91. The number of fused-ring (bicyclic) bond motifs is 5. The molecular formula is C50H34O3S. The molecule has 0 N–H and O–H groups in total. The van der Waals surface area contributed by atoms with Gasteiger partial charge in [-0.25, -0.2) is 0 Å². The van der Waals surface area contributed by atoms with Gasteiger partial charge in [0.05, 0.1) is 0 Å². The molecule has 0 bridgehead atoms. The second-order valence-electron chi connectivity index (χ2n) is 13.5. The molecule has 0 aliphatic heterocycles. The first kappa shape index (κ1) is 33.2. The third-order valence-corrected chi connectivity index (χ3v) is 11.4. The van der Waals surface area contributed by atoms with Crippen molar-refractivity contribution in [3.8, 4) is 10.4 Å². The van der Waals surface area contributed by atoms with Gasteiger partial charge < -0.3 is 4.42 Å². The Labute approximate surface area is 316 Å². The van der Waals surface area contributed by atoms with Crippen LogP contribution in [0.25, 0.3) is 59.2 Å². The van der Waals surface area contributed by atoms with E-state index in [0.29, 0.717) is 16.7 Å². The van der Waals surface area contributed by atoms with Gasteiger partial charge in [-0.05, 0) is 86.8 Å². The van der Waals surface area contributed by atoms with Crippen LogP contribution < -0.4 is 10.4 Å². The van der Waals surface area contributed by atoms with E-state index in [-0.39, 0.29) is 5.78 Å². The highest BCUT2D eigenvalue weighted by atomic mass is 32.1. The first-order valence-electron chi connectivity index (χ1n) is 18.1. The minimum atomic E-state index is -0.0426. The molecule has 0 fully saturated rings. The van der Waals surface area contributed by atoms with Crippen LogP contribution in [-0.4, -0.2) is 12.1 Å². The molecule has 4 heteroatoms. The van der Waals surface area contributed by atoms with Gasteiger partial charge >= 0.3 is 0 Å². The maximum atomic E-state index is 14.6. The Balaban J connectivity index is 1.19. The van der Waals surface area contributed by atoms with Crippen molar-refractivity contribution in [2.45, 2.75) is 12.8 Å². The van der Waals surface area contributed by atoms with Crippen molar-refractivity contribution < 1.29 is 14.0 Å².